The fraction of sp³-hybridized carbons (Fsp3) is 0. The summed E-state index contributed by atoms with van der Waals surface area (Å²) in [5, 5.41) is 4.08. The summed E-state index contributed by atoms with van der Waals surface area (Å²) in [5.41, 5.74) is 2.78. The van der Waals surface area contributed by atoms with E-state index in [4.69, 9.17) is 23.2 Å². The van der Waals surface area contributed by atoms with Crippen LogP contribution in [-0.2, 0) is 0 Å². The van der Waals surface area contributed by atoms with Crippen molar-refractivity contribution >= 4 is 40.6 Å². The van der Waals surface area contributed by atoms with Gasteiger partial charge in [0.2, 0.25) is 0 Å². The molecule has 26 heavy (non-hydrogen) atoms. The summed E-state index contributed by atoms with van der Waals surface area (Å²) in [5.74, 6) is 0.314. The Morgan fingerprint density at radius 1 is 0.885 bits per heavy atom. The van der Waals surface area contributed by atoms with E-state index in [1.165, 1.54) is 0 Å². The smallest absolute Gasteiger partial charge is 0.256 e. The Morgan fingerprint density at radius 2 is 1.58 bits per heavy atom. The van der Waals surface area contributed by atoms with Crippen molar-refractivity contribution in [2.45, 2.75) is 0 Å². The van der Waals surface area contributed by atoms with Crippen LogP contribution in [0.15, 0.2) is 72.9 Å². The monoisotopic (exact) mass is 381 g/mol. The maximum absolute atomic E-state index is 12.7. The third-order valence-corrected chi connectivity index (χ3v) is 4.44. The maximum atomic E-state index is 12.7. The molecule has 0 radical (unpaired) electrons. The van der Waals surface area contributed by atoms with E-state index in [2.05, 4.69) is 10.3 Å². The van der Waals surface area contributed by atoms with Crippen molar-refractivity contribution in [3.05, 3.63) is 88.5 Å². The zero-order valence-corrected chi connectivity index (χ0v) is 15.0. The van der Waals surface area contributed by atoms with Crippen molar-refractivity contribution in [3.63, 3.8) is 0 Å². The van der Waals surface area contributed by atoms with Gasteiger partial charge in [-0.3, -0.25) is 9.20 Å². The number of carbonyl (C=O) groups excluding carboxylic acids is 1. The quantitative estimate of drug-likeness (QED) is 0.504. The van der Waals surface area contributed by atoms with E-state index >= 15 is 0 Å². The molecule has 2 aromatic carbocycles. The van der Waals surface area contributed by atoms with Gasteiger partial charge in [0.1, 0.15) is 17.2 Å². The van der Waals surface area contributed by atoms with Crippen LogP contribution < -0.4 is 5.32 Å². The summed E-state index contributed by atoms with van der Waals surface area (Å²) < 4.78 is 1.78. The Morgan fingerprint density at radius 3 is 2.31 bits per heavy atom. The lowest BCUT2D eigenvalue weighted by molar-refractivity contribution is 0.102. The number of nitrogens with zero attached hydrogens (tertiary/aromatic N) is 2. The summed E-state index contributed by atoms with van der Waals surface area (Å²) in [6.45, 7) is 0. The zero-order valence-electron chi connectivity index (χ0n) is 13.5. The van der Waals surface area contributed by atoms with Gasteiger partial charge in [-0.15, -0.1) is 0 Å². The number of hydrogen-bond acceptors (Lipinski definition) is 2. The molecule has 2 aromatic heterocycles. The molecular weight excluding hydrogens is 369 g/mol. The molecule has 0 unspecified atom stereocenters. The summed E-state index contributed by atoms with van der Waals surface area (Å²) in [7, 11) is 0. The van der Waals surface area contributed by atoms with Gasteiger partial charge in [0.15, 0.2) is 0 Å². The molecule has 1 amide bonds. The van der Waals surface area contributed by atoms with Crippen LogP contribution in [0.2, 0.25) is 10.0 Å². The number of hydrogen-bond donors (Lipinski definition) is 1. The molecule has 6 heteroatoms. The zero-order chi connectivity index (χ0) is 18.1. The van der Waals surface area contributed by atoms with Crippen molar-refractivity contribution in [2.75, 3.05) is 5.32 Å². The van der Waals surface area contributed by atoms with Crippen LogP contribution in [0.25, 0.3) is 16.9 Å². The van der Waals surface area contributed by atoms with Gasteiger partial charge >= 0.3 is 0 Å². The molecular formula is C20H13Cl2N3O. The molecule has 0 spiro atoms. The molecule has 0 atom stereocenters. The van der Waals surface area contributed by atoms with Crippen LogP contribution in [0, 0.1) is 0 Å². The normalized spacial score (nSPS) is 10.8. The standard InChI is InChI=1S/C20H13Cl2N3O/c21-15-8-6-14(7-9-15)20(26)24-19-18(13-4-2-1-3-5-13)23-17-11-10-16(22)12-25(17)19/h1-12H,(H,24,26). The highest BCUT2D eigenvalue weighted by molar-refractivity contribution is 6.31. The van der Waals surface area contributed by atoms with E-state index in [1.807, 2.05) is 36.4 Å². The Kier molecular flexibility index (Phi) is 4.37. The highest BCUT2D eigenvalue weighted by atomic mass is 35.5. The Hall–Kier alpha value is -2.82. The van der Waals surface area contributed by atoms with Crippen LogP contribution in [0.1, 0.15) is 10.4 Å². The average Bonchev–Trinajstić information content (AvgIpc) is 3.01. The molecule has 2 heterocycles. The van der Waals surface area contributed by atoms with Gasteiger partial charge in [-0.1, -0.05) is 53.5 Å². The second-order valence-electron chi connectivity index (χ2n) is 5.71. The lowest BCUT2D eigenvalue weighted by Gasteiger charge is -2.08. The third kappa shape index (κ3) is 3.17. The van der Waals surface area contributed by atoms with Crippen LogP contribution >= 0.6 is 23.2 Å². The number of rotatable bonds is 3. The largest absolute Gasteiger partial charge is 0.306 e. The maximum Gasteiger partial charge on any atom is 0.256 e. The van der Waals surface area contributed by atoms with Crippen molar-refractivity contribution in [2.24, 2.45) is 0 Å². The van der Waals surface area contributed by atoms with Gasteiger partial charge < -0.3 is 5.32 Å². The second-order valence-corrected chi connectivity index (χ2v) is 6.58. The molecule has 0 saturated carbocycles. The average molecular weight is 382 g/mol. The van der Waals surface area contributed by atoms with Crippen LogP contribution in [-0.4, -0.2) is 15.3 Å². The molecule has 0 aliphatic heterocycles. The summed E-state index contributed by atoms with van der Waals surface area (Å²) in [6.07, 6.45) is 1.73. The number of amides is 1. The van der Waals surface area contributed by atoms with Crippen molar-refractivity contribution in [3.8, 4) is 11.3 Å². The number of nitrogens with one attached hydrogen (secondary N) is 1. The third-order valence-electron chi connectivity index (χ3n) is 3.97. The molecule has 0 aliphatic carbocycles. The summed E-state index contributed by atoms with van der Waals surface area (Å²) in [6, 6.07) is 20.0. The highest BCUT2D eigenvalue weighted by Gasteiger charge is 2.17. The van der Waals surface area contributed by atoms with Gasteiger partial charge in [0, 0.05) is 22.3 Å². The predicted molar refractivity (Wildman–Crippen MR) is 105 cm³/mol. The minimum atomic E-state index is -0.249. The topological polar surface area (TPSA) is 46.4 Å². The fourth-order valence-electron chi connectivity index (χ4n) is 2.72. The molecule has 0 fully saturated rings. The Bertz CT molecular complexity index is 1090. The summed E-state index contributed by atoms with van der Waals surface area (Å²) >= 11 is 12.0. The number of fused-ring (bicyclic) bond motifs is 1. The molecule has 4 rings (SSSR count). The van der Waals surface area contributed by atoms with Crippen LogP contribution in [0.4, 0.5) is 5.82 Å². The first-order valence-corrected chi connectivity index (χ1v) is 8.67. The number of anilines is 1. The number of halogens is 2. The number of carbonyl (C=O) groups is 1. The number of aromatic nitrogens is 2. The van der Waals surface area contributed by atoms with E-state index in [-0.39, 0.29) is 5.91 Å². The Labute approximate surface area is 160 Å². The first kappa shape index (κ1) is 16.6. The Balaban J connectivity index is 1.83. The minimum Gasteiger partial charge on any atom is -0.306 e. The minimum absolute atomic E-state index is 0.249. The molecule has 1 N–H and O–H groups in total. The number of imidazole rings is 1. The van der Waals surface area contributed by atoms with Gasteiger partial charge in [-0.2, -0.15) is 0 Å². The molecule has 128 valence electrons. The van der Waals surface area contributed by atoms with Crippen molar-refractivity contribution in [1.29, 1.82) is 0 Å². The first-order chi connectivity index (χ1) is 12.6. The van der Waals surface area contributed by atoms with Gasteiger partial charge in [-0.25, -0.2) is 4.98 Å². The van der Waals surface area contributed by atoms with E-state index < -0.39 is 0 Å². The van der Waals surface area contributed by atoms with Gasteiger partial charge in [-0.05, 0) is 36.4 Å². The van der Waals surface area contributed by atoms with Crippen molar-refractivity contribution < 1.29 is 4.79 Å². The van der Waals surface area contributed by atoms with Crippen LogP contribution in [0.5, 0.6) is 0 Å². The number of benzene rings is 2. The second kappa shape index (κ2) is 6.83. The SMILES string of the molecule is O=C(Nc1c(-c2ccccc2)nc2ccc(Cl)cn12)c1ccc(Cl)cc1. The van der Waals surface area contributed by atoms with Gasteiger partial charge in [0.25, 0.3) is 5.91 Å². The molecule has 0 saturated heterocycles. The predicted octanol–water partition coefficient (Wildman–Crippen LogP) is 5.56. The molecule has 4 aromatic rings. The lowest BCUT2D eigenvalue weighted by Crippen LogP contribution is -2.14. The highest BCUT2D eigenvalue weighted by Crippen LogP contribution is 2.30. The summed E-state index contributed by atoms with van der Waals surface area (Å²) in [4.78, 5) is 17.4. The fourth-order valence-corrected chi connectivity index (χ4v) is 3.00. The molecule has 0 bridgehead atoms. The van der Waals surface area contributed by atoms with Crippen molar-refractivity contribution in [1.82, 2.24) is 9.38 Å². The van der Waals surface area contributed by atoms with E-state index in [0.717, 1.165) is 5.56 Å². The van der Waals surface area contributed by atoms with E-state index in [0.29, 0.717) is 32.8 Å². The van der Waals surface area contributed by atoms with Crippen LogP contribution in [0.3, 0.4) is 0 Å². The number of pyridine rings is 1. The van der Waals surface area contributed by atoms with Gasteiger partial charge in [0.05, 0.1) is 5.02 Å². The first-order valence-electron chi connectivity index (χ1n) is 7.92. The molecule has 0 aliphatic rings. The van der Waals surface area contributed by atoms with E-state index in [1.54, 1.807) is 40.9 Å². The van der Waals surface area contributed by atoms with E-state index in [9.17, 15) is 4.79 Å². The molecule has 4 nitrogen and oxygen atoms in total. The lowest BCUT2D eigenvalue weighted by atomic mass is 10.1.